The van der Waals surface area contributed by atoms with Crippen LogP contribution in [-0.2, 0) is 43.0 Å². The number of nitrogens with two attached hydrogens (primary N) is 3. The van der Waals surface area contributed by atoms with Gasteiger partial charge < -0.3 is 31.4 Å². The van der Waals surface area contributed by atoms with Gasteiger partial charge in [0.05, 0.1) is 19.8 Å². The number of rotatable bonds is 27. The van der Waals surface area contributed by atoms with E-state index in [0.29, 0.717) is 39.2 Å². The van der Waals surface area contributed by atoms with Gasteiger partial charge in [-0.1, -0.05) is 22.8 Å². The normalized spacial score (nSPS) is 13.8. The molecule has 3 atom stereocenters. The molecule has 0 bridgehead atoms. The molecule has 0 aromatic carbocycles. The SMILES string of the molecule is C/C=C(/C)CCOC(=O)C(N)CCCN(O)C(=O)/C=C(/C)CCOC(=O)C(N)CCCN(O)C(=O)/C=C(/C)CCOC(=O)C(N)CCCN(O)C=O. The van der Waals surface area contributed by atoms with Crippen molar-refractivity contribution in [2.45, 2.75) is 104 Å². The van der Waals surface area contributed by atoms with E-state index in [4.69, 9.17) is 36.6 Å². The Morgan fingerprint density at radius 3 is 1.25 bits per heavy atom. The van der Waals surface area contributed by atoms with Crippen molar-refractivity contribution in [3.63, 3.8) is 0 Å². The molecular formula is C34H58N6O12. The average molecular weight is 743 g/mol. The second-order valence-corrected chi connectivity index (χ2v) is 12.3. The van der Waals surface area contributed by atoms with Crippen LogP contribution in [0.1, 0.15) is 85.5 Å². The Morgan fingerprint density at radius 2 is 0.923 bits per heavy atom. The van der Waals surface area contributed by atoms with E-state index in [1.54, 1.807) is 13.8 Å². The van der Waals surface area contributed by atoms with Gasteiger partial charge in [-0.2, -0.15) is 0 Å². The third-order valence-electron chi connectivity index (χ3n) is 7.67. The summed E-state index contributed by atoms with van der Waals surface area (Å²) in [5.74, 6) is -3.31. The van der Waals surface area contributed by atoms with E-state index in [9.17, 15) is 39.2 Å². The number of carbonyl (C=O) groups is 6. The largest absolute Gasteiger partial charge is 0.464 e. The summed E-state index contributed by atoms with van der Waals surface area (Å²) in [6.07, 6.45) is 6.82. The lowest BCUT2D eigenvalue weighted by Crippen LogP contribution is -2.34. The number of carbonyl (C=O) groups excluding carboxylic acids is 6. The third kappa shape index (κ3) is 22.6. The fourth-order valence-electron chi connectivity index (χ4n) is 4.14. The molecule has 0 aliphatic rings. The van der Waals surface area contributed by atoms with E-state index in [1.807, 2.05) is 19.9 Å². The van der Waals surface area contributed by atoms with Crippen LogP contribution in [0.5, 0.6) is 0 Å². The molecule has 296 valence electrons. The fraction of sp³-hybridized carbons (Fsp3) is 0.647. The minimum Gasteiger partial charge on any atom is -0.464 e. The Hall–Kier alpha value is -4.20. The molecule has 0 saturated carbocycles. The van der Waals surface area contributed by atoms with Crippen LogP contribution in [0, 0.1) is 0 Å². The molecule has 9 N–H and O–H groups in total. The van der Waals surface area contributed by atoms with Gasteiger partial charge in [0, 0.05) is 51.0 Å². The number of amides is 3. The number of hydrogen-bond acceptors (Lipinski definition) is 15. The predicted molar refractivity (Wildman–Crippen MR) is 187 cm³/mol. The quantitative estimate of drug-likeness (QED) is 0.0131. The van der Waals surface area contributed by atoms with Crippen molar-refractivity contribution >= 4 is 36.1 Å². The number of ether oxygens (including phenoxy) is 3. The smallest absolute Gasteiger partial charge is 0.322 e. The van der Waals surface area contributed by atoms with Crippen LogP contribution in [0.2, 0.25) is 0 Å². The lowest BCUT2D eigenvalue weighted by atomic mass is 10.1. The van der Waals surface area contributed by atoms with E-state index < -0.39 is 47.8 Å². The molecule has 0 rings (SSSR count). The highest BCUT2D eigenvalue weighted by molar-refractivity contribution is 5.87. The van der Waals surface area contributed by atoms with Crippen molar-refractivity contribution in [2.24, 2.45) is 17.2 Å². The predicted octanol–water partition coefficient (Wildman–Crippen LogP) is 1.25. The number of esters is 3. The van der Waals surface area contributed by atoms with Crippen molar-refractivity contribution in [2.75, 3.05) is 39.5 Å². The third-order valence-corrected chi connectivity index (χ3v) is 7.67. The van der Waals surface area contributed by atoms with E-state index in [2.05, 4.69) is 0 Å². The highest BCUT2D eigenvalue weighted by Gasteiger charge is 2.19. The maximum Gasteiger partial charge on any atom is 0.322 e. The first-order valence-electron chi connectivity index (χ1n) is 17.2. The van der Waals surface area contributed by atoms with Crippen molar-refractivity contribution in [1.82, 2.24) is 15.2 Å². The van der Waals surface area contributed by atoms with Crippen LogP contribution < -0.4 is 17.2 Å². The maximum atomic E-state index is 12.3. The number of hydroxylamine groups is 6. The monoisotopic (exact) mass is 742 g/mol. The maximum absolute atomic E-state index is 12.3. The summed E-state index contributed by atoms with van der Waals surface area (Å²) in [5.41, 5.74) is 19.6. The average Bonchev–Trinajstić information content (AvgIpc) is 3.10. The lowest BCUT2D eigenvalue weighted by molar-refractivity contribution is -0.160. The molecule has 18 heteroatoms. The van der Waals surface area contributed by atoms with E-state index in [0.717, 1.165) is 5.57 Å². The first kappa shape index (κ1) is 47.8. The van der Waals surface area contributed by atoms with Crippen LogP contribution in [0.25, 0.3) is 0 Å². The van der Waals surface area contributed by atoms with Crippen molar-refractivity contribution in [3.8, 4) is 0 Å². The van der Waals surface area contributed by atoms with E-state index >= 15 is 0 Å². The summed E-state index contributed by atoms with van der Waals surface area (Å²) in [5, 5.41) is 30.6. The summed E-state index contributed by atoms with van der Waals surface area (Å²) < 4.78 is 15.4. The molecule has 0 aliphatic heterocycles. The number of hydrogen-bond donors (Lipinski definition) is 6. The molecule has 0 aromatic rings. The van der Waals surface area contributed by atoms with Crippen LogP contribution in [0.3, 0.4) is 0 Å². The molecular weight excluding hydrogens is 684 g/mol. The molecule has 3 unspecified atom stereocenters. The zero-order chi connectivity index (χ0) is 39.6. The molecule has 0 saturated heterocycles. The highest BCUT2D eigenvalue weighted by atomic mass is 16.5. The topological polar surface area (TPSA) is 279 Å². The first-order chi connectivity index (χ1) is 24.5. The van der Waals surface area contributed by atoms with Gasteiger partial charge in [-0.05, 0) is 66.2 Å². The number of allylic oxidation sites excluding steroid dienone is 1. The Bertz CT molecular complexity index is 1240. The Balaban J connectivity index is 4.34. The number of nitrogens with zero attached hydrogens (tertiary/aromatic N) is 3. The molecule has 0 radical (unpaired) electrons. The Morgan fingerprint density at radius 1 is 0.596 bits per heavy atom. The first-order valence-corrected chi connectivity index (χ1v) is 17.2. The molecule has 3 amide bonds. The molecule has 0 aromatic heterocycles. The van der Waals surface area contributed by atoms with Crippen LogP contribution in [-0.4, -0.2) is 125 Å². The van der Waals surface area contributed by atoms with Crippen LogP contribution >= 0.6 is 0 Å². The Labute approximate surface area is 305 Å². The summed E-state index contributed by atoms with van der Waals surface area (Å²) in [4.78, 5) is 71.1. The van der Waals surface area contributed by atoms with Gasteiger partial charge in [-0.15, -0.1) is 0 Å². The van der Waals surface area contributed by atoms with Gasteiger partial charge in [0.1, 0.15) is 18.1 Å². The summed E-state index contributed by atoms with van der Waals surface area (Å²) in [6.45, 7) is 7.02. The fourth-order valence-corrected chi connectivity index (χ4v) is 4.14. The van der Waals surface area contributed by atoms with Gasteiger partial charge in [0.2, 0.25) is 6.41 Å². The summed E-state index contributed by atoms with van der Waals surface area (Å²) in [7, 11) is 0. The zero-order valence-electron chi connectivity index (χ0n) is 30.7. The second kappa shape index (κ2) is 27.5. The molecule has 18 nitrogen and oxygen atoms in total. The van der Waals surface area contributed by atoms with Crippen LogP contribution in [0.15, 0.2) is 34.9 Å². The Kier molecular flexibility index (Phi) is 25.2. The standard InChI is InChI=1S/C34H58N6O12/c1-5-24(2)12-18-50-33(45)28(36)10-7-16-39(48)31(43)22-26(4)14-20-52-34(46)29(37)11-8-17-40(49)30(42)21-25(3)13-19-51-32(44)27(35)9-6-15-38(47)23-41/h5,21-23,27-29,47-49H,6-20,35-37H2,1-4H3/b24-5-,25-21-,26-22-. The van der Waals surface area contributed by atoms with E-state index in [1.165, 1.54) is 12.2 Å². The van der Waals surface area contributed by atoms with E-state index in [-0.39, 0.29) is 90.8 Å². The summed E-state index contributed by atoms with van der Waals surface area (Å²) in [6, 6.07) is -2.83. The van der Waals surface area contributed by atoms with Crippen molar-refractivity contribution in [1.29, 1.82) is 0 Å². The molecule has 52 heavy (non-hydrogen) atoms. The lowest BCUT2D eigenvalue weighted by Gasteiger charge is -2.16. The second-order valence-electron chi connectivity index (χ2n) is 12.3. The molecule has 0 spiro atoms. The van der Waals surface area contributed by atoms with Gasteiger partial charge in [0.15, 0.2) is 0 Å². The molecule has 0 aliphatic carbocycles. The minimum absolute atomic E-state index is 0.0246. The summed E-state index contributed by atoms with van der Waals surface area (Å²) >= 11 is 0. The van der Waals surface area contributed by atoms with Crippen molar-refractivity contribution < 1.29 is 58.6 Å². The zero-order valence-corrected chi connectivity index (χ0v) is 30.7. The van der Waals surface area contributed by atoms with Gasteiger partial charge >= 0.3 is 17.9 Å². The molecule has 0 heterocycles. The van der Waals surface area contributed by atoms with Gasteiger partial charge in [-0.3, -0.25) is 44.4 Å². The highest BCUT2D eigenvalue weighted by Crippen LogP contribution is 2.08. The minimum atomic E-state index is -1.02. The molecule has 0 fully saturated rings. The van der Waals surface area contributed by atoms with Crippen LogP contribution in [0.4, 0.5) is 0 Å². The van der Waals surface area contributed by atoms with Gasteiger partial charge in [0.25, 0.3) is 11.8 Å². The van der Waals surface area contributed by atoms with Gasteiger partial charge in [-0.25, -0.2) is 15.2 Å². The van der Waals surface area contributed by atoms with Crippen molar-refractivity contribution in [3.05, 3.63) is 34.9 Å².